The van der Waals surface area contributed by atoms with Gasteiger partial charge in [-0.15, -0.1) is 0 Å². The van der Waals surface area contributed by atoms with E-state index in [-0.39, 0.29) is 0 Å². The third kappa shape index (κ3) is 4.35. The molecule has 2 unspecified atom stereocenters. The molecule has 0 radical (unpaired) electrons. The molecule has 0 saturated carbocycles. The van der Waals surface area contributed by atoms with Crippen LogP contribution >= 0.6 is 0 Å². The van der Waals surface area contributed by atoms with Gasteiger partial charge in [-0.1, -0.05) is 24.6 Å². The zero-order chi connectivity index (χ0) is 22.1. The first-order valence-corrected chi connectivity index (χ1v) is 12.7. The van der Waals surface area contributed by atoms with E-state index in [1.54, 1.807) is 0 Å². The molecule has 5 nitrogen and oxygen atoms in total. The van der Waals surface area contributed by atoms with Crippen molar-refractivity contribution in [3.05, 3.63) is 58.1 Å². The van der Waals surface area contributed by atoms with Gasteiger partial charge in [0.2, 0.25) is 0 Å². The number of aliphatic hydroxyl groups excluding tert-OH is 1. The van der Waals surface area contributed by atoms with Gasteiger partial charge in [0, 0.05) is 51.3 Å². The summed E-state index contributed by atoms with van der Waals surface area (Å²) in [4.78, 5) is 4.93. The molecule has 3 aliphatic heterocycles. The molecule has 1 fully saturated rings. The Balaban J connectivity index is 1.34. The third-order valence-electron chi connectivity index (χ3n) is 7.88. The van der Waals surface area contributed by atoms with Crippen molar-refractivity contribution in [2.45, 2.75) is 64.6 Å². The molecule has 0 spiro atoms. The van der Waals surface area contributed by atoms with Gasteiger partial charge in [0.15, 0.2) is 0 Å². The highest BCUT2D eigenvalue weighted by atomic mass is 16.5. The van der Waals surface area contributed by atoms with Gasteiger partial charge in [-0.3, -0.25) is 4.90 Å². The highest BCUT2D eigenvalue weighted by Crippen LogP contribution is 2.42. The fourth-order valence-corrected chi connectivity index (χ4v) is 5.93. The van der Waals surface area contributed by atoms with Crippen molar-refractivity contribution in [1.29, 1.82) is 0 Å². The summed E-state index contributed by atoms with van der Waals surface area (Å²) < 4.78 is 5.70. The zero-order valence-electron chi connectivity index (χ0n) is 19.8. The number of rotatable bonds is 6. The summed E-state index contributed by atoms with van der Waals surface area (Å²) in [5.41, 5.74) is 7.05. The van der Waals surface area contributed by atoms with Crippen molar-refractivity contribution in [2.75, 3.05) is 39.3 Å². The van der Waals surface area contributed by atoms with E-state index < -0.39 is 6.23 Å². The second kappa shape index (κ2) is 9.58. The van der Waals surface area contributed by atoms with Gasteiger partial charge < -0.3 is 20.1 Å². The Bertz CT molecular complexity index is 873. The summed E-state index contributed by atoms with van der Waals surface area (Å²) in [6, 6.07) is 0.412. The number of hydrogen-bond acceptors (Lipinski definition) is 5. The maximum Gasteiger partial charge on any atom is 0.133 e. The smallest absolute Gasteiger partial charge is 0.133 e. The summed E-state index contributed by atoms with van der Waals surface area (Å²) >= 11 is 0. The Morgan fingerprint density at radius 2 is 2.03 bits per heavy atom. The Morgan fingerprint density at radius 1 is 1.19 bits per heavy atom. The molecular weight excluding hydrogens is 398 g/mol. The first kappa shape index (κ1) is 22.0. The zero-order valence-corrected chi connectivity index (χ0v) is 19.8. The van der Waals surface area contributed by atoms with Crippen LogP contribution in [0.1, 0.15) is 52.4 Å². The molecule has 5 rings (SSSR count). The van der Waals surface area contributed by atoms with Gasteiger partial charge >= 0.3 is 0 Å². The molecule has 0 amide bonds. The molecule has 1 saturated heterocycles. The fourth-order valence-electron chi connectivity index (χ4n) is 5.93. The predicted octanol–water partition coefficient (Wildman–Crippen LogP) is 3.87. The molecule has 2 N–H and O–H groups in total. The van der Waals surface area contributed by atoms with Crippen LogP contribution < -0.4 is 5.32 Å². The van der Waals surface area contributed by atoms with Gasteiger partial charge in [-0.2, -0.15) is 0 Å². The van der Waals surface area contributed by atoms with Crippen LogP contribution in [0, 0.1) is 5.92 Å². The number of likely N-dealkylation sites (tertiary alicyclic amines) is 1. The molecule has 174 valence electrons. The number of nitrogens with one attached hydrogen (secondary N) is 1. The second-order valence-electron chi connectivity index (χ2n) is 10.0. The molecule has 32 heavy (non-hydrogen) atoms. The Hall–Kier alpha value is -1.82. The lowest BCUT2D eigenvalue weighted by Crippen LogP contribution is -2.42. The lowest BCUT2D eigenvalue weighted by molar-refractivity contribution is 0.0125. The Labute approximate surface area is 193 Å². The first-order chi connectivity index (χ1) is 15.6. The van der Waals surface area contributed by atoms with Crippen molar-refractivity contribution in [1.82, 2.24) is 15.1 Å². The fraction of sp³-hybridized carbons (Fsp3) is 0.630. The van der Waals surface area contributed by atoms with E-state index in [2.05, 4.69) is 53.3 Å². The maximum absolute atomic E-state index is 11.1. The van der Waals surface area contributed by atoms with Gasteiger partial charge in [-0.05, 0) is 67.4 Å². The van der Waals surface area contributed by atoms with Crippen molar-refractivity contribution < 1.29 is 9.84 Å². The van der Waals surface area contributed by atoms with Gasteiger partial charge in [0.05, 0.1) is 18.4 Å². The van der Waals surface area contributed by atoms with Crippen molar-refractivity contribution in [2.24, 2.45) is 5.92 Å². The molecule has 2 aliphatic carbocycles. The third-order valence-corrected chi connectivity index (χ3v) is 7.88. The highest BCUT2D eigenvalue weighted by molar-refractivity contribution is 5.53. The monoisotopic (exact) mass is 437 g/mol. The minimum atomic E-state index is -0.464. The number of piperidine rings is 1. The number of fused-ring (bicyclic) bond motifs is 2. The lowest BCUT2D eigenvalue weighted by Gasteiger charge is -2.36. The van der Waals surface area contributed by atoms with E-state index in [1.165, 1.54) is 35.3 Å². The van der Waals surface area contributed by atoms with E-state index in [0.717, 1.165) is 82.3 Å². The van der Waals surface area contributed by atoms with Crippen LogP contribution in [0.25, 0.3) is 0 Å². The molecule has 0 aromatic rings. The number of ether oxygens (including phenoxy) is 1. The van der Waals surface area contributed by atoms with Gasteiger partial charge in [0.25, 0.3) is 0 Å². The van der Waals surface area contributed by atoms with Crippen LogP contribution in [0.15, 0.2) is 58.1 Å². The van der Waals surface area contributed by atoms with Crippen LogP contribution in [-0.4, -0.2) is 66.5 Å². The van der Waals surface area contributed by atoms with Crippen LogP contribution in [-0.2, 0) is 4.74 Å². The van der Waals surface area contributed by atoms with Crippen LogP contribution in [0.3, 0.4) is 0 Å². The van der Waals surface area contributed by atoms with Crippen LogP contribution in [0.5, 0.6) is 0 Å². The summed E-state index contributed by atoms with van der Waals surface area (Å²) in [7, 11) is 0. The van der Waals surface area contributed by atoms with E-state index in [4.69, 9.17) is 4.74 Å². The predicted molar refractivity (Wildman–Crippen MR) is 129 cm³/mol. The number of aliphatic hydroxyl groups is 1. The largest absolute Gasteiger partial charge is 0.498 e. The van der Waals surface area contributed by atoms with E-state index >= 15 is 0 Å². The van der Waals surface area contributed by atoms with Gasteiger partial charge in [-0.25, -0.2) is 0 Å². The second-order valence-corrected chi connectivity index (χ2v) is 10.0. The van der Waals surface area contributed by atoms with Crippen LogP contribution in [0.2, 0.25) is 0 Å². The number of hydrogen-bond donors (Lipinski definition) is 2. The number of nitrogens with zero attached hydrogens (tertiary/aromatic N) is 2. The lowest BCUT2D eigenvalue weighted by atomic mass is 9.89. The average molecular weight is 438 g/mol. The summed E-state index contributed by atoms with van der Waals surface area (Å²) in [6.45, 7) is 10.1. The molecule has 0 aromatic heterocycles. The topological polar surface area (TPSA) is 48.0 Å². The number of allylic oxidation sites excluding steroid dienone is 3. The van der Waals surface area contributed by atoms with E-state index in [1.807, 2.05) is 0 Å². The summed E-state index contributed by atoms with van der Waals surface area (Å²) in [5, 5.41) is 14.7. The molecule has 2 atom stereocenters. The normalized spacial score (nSPS) is 27.8. The molecule has 3 heterocycles. The molecule has 0 bridgehead atoms. The quantitative estimate of drug-likeness (QED) is 0.661. The van der Waals surface area contributed by atoms with Crippen LogP contribution in [0.4, 0.5) is 0 Å². The maximum atomic E-state index is 11.1. The summed E-state index contributed by atoms with van der Waals surface area (Å²) in [5.74, 6) is 1.89. The van der Waals surface area contributed by atoms with Crippen molar-refractivity contribution in [3.63, 3.8) is 0 Å². The molecule has 5 heteroatoms. The minimum absolute atomic E-state index is 0.412. The molecule has 0 aromatic carbocycles. The first-order valence-electron chi connectivity index (χ1n) is 12.7. The highest BCUT2D eigenvalue weighted by Gasteiger charge is 2.39. The summed E-state index contributed by atoms with van der Waals surface area (Å²) in [6.07, 6.45) is 15.2. The minimum Gasteiger partial charge on any atom is -0.498 e. The molecule has 5 aliphatic rings. The Morgan fingerprint density at radius 3 is 2.78 bits per heavy atom. The average Bonchev–Trinajstić information content (AvgIpc) is 3.13. The van der Waals surface area contributed by atoms with Crippen molar-refractivity contribution >= 4 is 0 Å². The Kier molecular flexibility index (Phi) is 6.59. The van der Waals surface area contributed by atoms with Crippen molar-refractivity contribution in [3.8, 4) is 0 Å². The van der Waals surface area contributed by atoms with Gasteiger partial charge in [0.1, 0.15) is 6.23 Å². The SMILES string of the molecule is CCOC1=CC=C(CN2C3=C(CNCC3)C3=CC(C(O)N4CCC(C)CC4)=CCC32)CC1. The molecular formula is C27H39N3O2. The van der Waals surface area contributed by atoms with E-state index in [0.29, 0.717) is 6.04 Å². The van der Waals surface area contributed by atoms with E-state index in [9.17, 15) is 5.11 Å². The standard InChI is InChI=1S/C27H39N3O2/c1-3-32-22-7-4-20(5-8-22)18-30-25-9-6-21(27(31)29-14-11-19(2)12-15-29)16-23(25)24-17-28-13-10-26(24)30/h4,6-7,16,19,25,27-28,31H,3,5,8-15,17-18H2,1-2H3.